The zero-order valence-electron chi connectivity index (χ0n) is 9.76. The first-order chi connectivity index (χ1) is 7.43. The molecule has 1 atom stereocenters. The lowest BCUT2D eigenvalue weighted by atomic mass is 10.1. The Hall–Kier alpha value is -1.37. The van der Waals surface area contributed by atoms with Crippen LogP contribution in [-0.2, 0) is 14.4 Å². The average Bonchev–Trinajstić information content (AvgIpc) is 2.16. The first-order valence-corrected chi connectivity index (χ1v) is 5.08. The summed E-state index contributed by atoms with van der Waals surface area (Å²) in [4.78, 5) is 25.0. The first kappa shape index (κ1) is 14.6. The molecule has 0 fully saturated rings. The zero-order chi connectivity index (χ0) is 12.6. The molecule has 0 aliphatic rings. The molecule has 0 aliphatic heterocycles. The maximum Gasteiger partial charge on any atom is 0.294 e. The van der Waals surface area contributed by atoms with Gasteiger partial charge in [-0.05, 0) is 12.8 Å². The van der Waals surface area contributed by atoms with Crippen LogP contribution >= 0.6 is 0 Å². The average molecular weight is 234 g/mol. The lowest BCUT2D eigenvalue weighted by Gasteiger charge is -2.17. The van der Waals surface area contributed by atoms with E-state index in [-0.39, 0.29) is 31.8 Å². The van der Waals surface area contributed by atoms with Gasteiger partial charge in [-0.2, -0.15) is 0 Å². The fourth-order valence-corrected chi connectivity index (χ4v) is 0.798. The van der Waals surface area contributed by atoms with E-state index in [1.165, 1.54) is 0 Å². The van der Waals surface area contributed by atoms with E-state index in [1.54, 1.807) is 0 Å². The Bertz CT molecular complexity index is 232. The van der Waals surface area contributed by atoms with Crippen LogP contribution in [0.4, 0.5) is 0 Å². The summed E-state index contributed by atoms with van der Waals surface area (Å²) in [5.41, 5.74) is 0. The Morgan fingerprint density at radius 3 is 2.50 bits per heavy atom. The molecule has 0 aliphatic carbocycles. The molecule has 7 nitrogen and oxygen atoms in total. The van der Waals surface area contributed by atoms with E-state index in [0.717, 1.165) is 0 Å². The van der Waals surface area contributed by atoms with Crippen molar-refractivity contribution in [3.63, 3.8) is 0 Å². The minimum absolute atomic E-state index is 0.0183. The molecule has 0 saturated carbocycles. The van der Waals surface area contributed by atoms with Crippen LogP contribution in [0.1, 0.15) is 20.8 Å². The molecule has 94 valence electrons. The highest BCUT2D eigenvalue weighted by Gasteiger charge is 2.10. The lowest BCUT2D eigenvalue weighted by molar-refractivity contribution is -0.758. The molecule has 0 heterocycles. The topological polar surface area (TPSA) is 90.7 Å². The SMILES string of the molecule is CC(C)C(C)NC(=O)COCCO[N+](=O)[O-]. The minimum atomic E-state index is -0.899. The number of rotatable bonds is 8. The third-order valence-corrected chi connectivity index (χ3v) is 2.05. The van der Waals surface area contributed by atoms with Gasteiger partial charge in [-0.25, -0.2) is 0 Å². The summed E-state index contributed by atoms with van der Waals surface area (Å²) in [5, 5.41) is 11.6. The molecule has 0 radical (unpaired) electrons. The normalized spacial score (nSPS) is 12.2. The quantitative estimate of drug-likeness (QED) is 0.372. The van der Waals surface area contributed by atoms with Crippen LogP contribution in [0.5, 0.6) is 0 Å². The molecule has 0 aromatic carbocycles. The Labute approximate surface area is 94.2 Å². The summed E-state index contributed by atoms with van der Waals surface area (Å²) in [7, 11) is 0. The molecular formula is C9H18N2O5. The van der Waals surface area contributed by atoms with E-state index < -0.39 is 5.09 Å². The highest BCUT2D eigenvalue weighted by atomic mass is 17.0. The van der Waals surface area contributed by atoms with Crippen molar-refractivity contribution in [3.8, 4) is 0 Å². The van der Waals surface area contributed by atoms with Gasteiger partial charge in [0.15, 0.2) is 0 Å². The van der Waals surface area contributed by atoms with Crippen molar-refractivity contribution < 1.29 is 19.5 Å². The number of nitrogens with zero attached hydrogens (tertiary/aromatic N) is 1. The number of carbonyl (C=O) groups is 1. The van der Waals surface area contributed by atoms with Crippen LogP contribution in [0.15, 0.2) is 0 Å². The van der Waals surface area contributed by atoms with E-state index in [1.807, 2.05) is 20.8 Å². The second-order valence-electron chi connectivity index (χ2n) is 3.71. The van der Waals surface area contributed by atoms with Gasteiger partial charge < -0.3 is 14.9 Å². The third-order valence-electron chi connectivity index (χ3n) is 2.05. The Morgan fingerprint density at radius 2 is 2.00 bits per heavy atom. The molecule has 1 N–H and O–H groups in total. The smallest absolute Gasteiger partial charge is 0.294 e. The molecular weight excluding hydrogens is 216 g/mol. The maximum absolute atomic E-state index is 11.2. The molecule has 0 spiro atoms. The highest BCUT2D eigenvalue weighted by molar-refractivity contribution is 5.77. The fourth-order valence-electron chi connectivity index (χ4n) is 0.798. The molecule has 1 amide bonds. The first-order valence-electron chi connectivity index (χ1n) is 5.08. The number of ether oxygens (including phenoxy) is 1. The van der Waals surface area contributed by atoms with Gasteiger partial charge in [0.05, 0.1) is 6.61 Å². The third kappa shape index (κ3) is 7.98. The van der Waals surface area contributed by atoms with Crippen molar-refractivity contribution in [2.75, 3.05) is 19.8 Å². The van der Waals surface area contributed by atoms with Crippen LogP contribution in [0, 0.1) is 16.0 Å². The summed E-state index contributed by atoms with van der Waals surface area (Å²) >= 11 is 0. The van der Waals surface area contributed by atoms with E-state index in [9.17, 15) is 14.9 Å². The van der Waals surface area contributed by atoms with E-state index in [2.05, 4.69) is 10.2 Å². The number of carbonyl (C=O) groups excluding carboxylic acids is 1. The van der Waals surface area contributed by atoms with Crippen LogP contribution in [0.25, 0.3) is 0 Å². The molecule has 0 rings (SSSR count). The van der Waals surface area contributed by atoms with Gasteiger partial charge in [-0.1, -0.05) is 13.8 Å². The summed E-state index contributed by atoms with van der Waals surface area (Å²) in [6, 6.07) is 0.0751. The van der Waals surface area contributed by atoms with Crippen LogP contribution in [0.2, 0.25) is 0 Å². The lowest BCUT2D eigenvalue weighted by Crippen LogP contribution is -2.38. The largest absolute Gasteiger partial charge is 0.370 e. The molecule has 1 unspecified atom stereocenters. The Balaban J connectivity index is 3.47. The fraction of sp³-hybridized carbons (Fsp3) is 0.889. The second kappa shape index (κ2) is 7.86. The number of hydrogen-bond acceptors (Lipinski definition) is 5. The molecule has 0 bridgehead atoms. The summed E-state index contributed by atoms with van der Waals surface area (Å²) in [6.07, 6.45) is 0. The highest BCUT2D eigenvalue weighted by Crippen LogP contribution is 1.98. The predicted octanol–water partition coefficient (Wildman–Crippen LogP) is 0.372. The van der Waals surface area contributed by atoms with Crippen molar-refractivity contribution >= 4 is 5.91 Å². The van der Waals surface area contributed by atoms with Gasteiger partial charge in [0.2, 0.25) is 5.91 Å². The zero-order valence-corrected chi connectivity index (χ0v) is 9.76. The maximum atomic E-state index is 11.2. The van der Waals surface area contributed by atoms with Crippen molar-refractivity contribution in [2.45, 2.75) is 26.8 Å². The molecule has 0 aromatic rings. The van der Waals surface area contributed by atoms with Gasteiger partial charge >= 0.3 is 0 Å². The van der Waals surface area contributed by atoms with E-state index in [4.69, 9.17) is 4.74 Å². The molecule has 0 saturated heterocycles. The van der Waals surface area contributed by atoms with E-state index >= 15 is 0 Å². The van der Waals surface area contributed by atoms with Crippen molar-refractivity contribution in [1.29, 1.82) is 0 Å². The summed E-state index contributed by atoms with van der Waals surface area (Å²) in [6.45, 7) is 5.63. The predicted molar refractivity (Wildman–Crippen MR) is 56.2 cm³/mol. The van der Waals surface area contributed by atoms with Gasteiger partial charge in [-0.3, -0.25) is 4.79 Å². The van der Waals surface area contributed by atoms with Crippen LogP contribution in [-0.4, -0.2) is 36.9 Å². The van der Waals surface area contributed by atoms with E-state index in [0.29, 0.717) is 5.92 Å². The van der Waals surface area contributed by atoms with Gasteiger partial charge in [0.1, 0.15) is 13.2 Å². The van der Waals surface area contributed by atoms with Gasteiger partial charge in [0, 0.05) is 6.04 Å². The number of nitrogens with one attached hydrogen (secondary N) is 1. The summed E-state index contributed by atoms with van der Waals surface area (Å²) in [5.74, 6) is 0.115. The standard InChI is InChI=1S/C9H18N2O5/c1-7(2)8(3)10-9(12)6-15-4-5-16-11(13)14/h7-8H,4-6H2,1-3H3,(H,10,12). The molecule has 0 aromatic heterocycles. The van der Waals surface area contributed by atoms with Gasteiger partial charge in [-0.15, -0.1) is 10.1 Å². The molecule has 7 heteroatoms. The van der Waals surface area contributed by atoms with Crippen molar-refractivity contribution in [3.05, 3.63) is 10.1 Å². The molecule has 16 heavy (non-hydrogen) atoms. The van der Waals surface area contributed by atoms with Crippen molar-refractivity contribution in [1.82, 2.24) is 5.32 Å². The van der Waals surface area contributed by atoms with Gasteiger partial charge in [0.25, 0.3) is 5.09 Å². The minimum Gasteiger partial charge on any atom is -0.370 e. The van der Waals surface area contributed by atoms with Crippen LogP contribution in [0.3, 0.4) is 0 Å². The summed E-state index contributed by atoms with van der Waals surface area (Å²) < 4.78 is 4.88. The van der Waals surface area contributed by atoms with Crippen LogP contribution < -0.4 is 5.32 Å². The Kier molecular flexibility index (Phi) is 7.19. The number of amides is 1. The monoisotopic (exact) mass is 234 g/mol. The number of hydrogen-bond donors (Lipinski definition) is 1. The van der Waals surface area contributed by atoms with Crippen molar-refractivity contribution in [2.24, 2.45) is 5.92 Å². The Morgan fingerprint density at radius 1 is 1.38 bits per heavy atom. The second-order valence-corrected chi connectivity index (χ2v) is 3.71.